The molecule has 52 heavy (non-hydrogen) atoms. The van der Waals surface area contributed by atoms with Gasteiger partial charge in [-0.1, -0.05) is 120 Å². The molecule has 0 radical (unpaired) electrons. The summed E-state index contributed by atoms with van der Waals surface area (Å²) in [7, 11) is -0.918. The number of Topliss-reactive ketones (excluding diaryl/α,β-unsaturated/α-hetero) is 2. The van der Waals surface area contributed by atoms with Crippen LogP contribution in [0.3, 0.4) is 0 Å². The number of rotatable bonds is 12. The zero-order chi connectivity index (χ0) is 37.9. The van der Waals surface area contributed by atoms with E-state index in [1.807, 2.05) is 84.9 Å². The Balaban J connectivity index is 1.70. The normalized spacial score (nSPS) is 26.7. The summed E-state index contributed by atoms with van der Waals surface area (Å²) in [5.74, 6) is -0.303. The Hall–Kier alpha value is -3.40. The number of ketones is 2. The molecule has 280 valence electrons. The summed E-state index contributed by atoms with van der Waals surface area (Å²) >= 11 is 0. The van der Waals surface area contributed by atoms with Gasteiger partial charge in [-0.3, -0.25) is 9.59 Å². The van der Waals surface area contributed by atoms with Gasteiger partial charge in [0, 0.05) is 17.8 Å². The van der Waals surface area contributed by atoms with E-state index in [9.17, 15) is 4.79 Å². The molecule has 0 unspecified atom stereocenters. The Morgan fingerprint density at radius 2 is 1.25 bits per heavy atom. The number of benzene rings is 3. The van der Waals surface area contributed by atoms with Gasteiger partial charge in [-0.2, -0.15) is 0 Å². The van der Waals surface area contributed by atoms with Crippen LogP contribution < -0.4 is 4.74 Å². The molecule has 3 aromatic carbocycles. The molecule has 0 heterocycles. The number of carbonyl (C=O) groups excluding carboxylic acids is 2. The maximum Gasteiger partial charge on any atom is 0.192 e. The molecule has 0 saturated heterocycles. The molecule has 6 atom stereocenters. The van der Waals surface area contributed by atoms with Crippen molar-refractivity contribution in [3.05, 3.63) is 114 Å². The third-order valence-electron chi connectivity index (χ3n) is 11.8. The predicted molar refractivity (Wildman–Crippen MR) is 207 cm³/mol. The van der Waals surface area contributed by atoms with Gasteiger partial charge in [0.2, 0.25) is 0 Å². The van der Waals surface area contributed by atoms with Crippen molar-refractivity contribution in [2.45, 2.75) is 117 Å². The first-order valence-corrected chi connectivity index (χ1v) is 21.4. The maximum atomic E-state index is 15.5. The minimum atomic E-state index is -2.56. The van der Waals surface area contributed by atoms with Crippen LogP contribution >= 0.6 is 0 Å². The fourth-order valence-corrected chi connectivity index (χ4v) is 8.92. The number of hydrogen-bond acceptors (Lipinski definition) is 7. The average molecular weight is 727 g/mol. The number of fused-ring (bicyclic) bond motifs is 1. The first kappa shape index (κ1) is 39.8. The Bertz CT molecular complexity index is 1680. The molecule has 2 fully saturated rings. The molecular formula is C44H58O7Si. The second kappa shape index (κ2) is 15.9. The fourth-order valence-electron chi connectivity index (χ4n) is 7.50. The van der Waals surface area contributed by atoms with E-state index < -0.39 is 49.5 Å². The number of ether oxygens (including phenoxy) is 4. The van der Waals surface area contributed by atoms with Crippen LogP contribution in [0.4, 0.5) is 0 Å². The van der Waals surface area contributed by atoms with Crippen LogP contribution in [0.25, 0.3) is 0 Å². The monoisotopic (exact) mass is 726 g/mol. The molecule has 0 bridgehead atoms. The van der Waals surface area contributed by atoms with Crippen LogP contribution in [0.15, 0.2) is 97.1 Å². The van der Waals surface area contributed by atoms with Crippen molar-refractivity contribution in [3.8, 4) is 5.75 Å². The van der Waals surface area contributed by atoms with Gasteiger partial charge in [0.25, 0.3) is 0 Å². The van der Waals surface area contributed by atoms with Crippen LogP contribution in [-0.2, 0) is 48.0 Å². The van der Waals surface area contributed by atoms with Crippen molar-refractivity contribution < 1.29 is 33.0 Å². The minimum Gasteiger partial charge on any atom is -0.497 e. The van der Waals surface area contributed by atoms with E-state index in [0.717, 1.165) is 28.0 Å². The van der Waals surface area contributed by atoms with Gasteiger partial charge in [0.1, 0.15) is 17.6 Å². The largest absolute Gasteiger partial charge is 0.497 e. The quantitative estimate of drug-likeness (QED) is 0.105. The highest BCUT2D eigenvalue weighted by molar-refractivity contribution is 6.74. The summed E-state index contributed by atoms with van der Waals surface area (Å²) in [6.45, 7) is 22.2. The SMILES string of the molecule is C=C1CCC(=O)[C@]2(C)C(=O)[C@H](OCc3ccccc3)[C@H](O[Si](C)(C)C(C)(C)C)C(C)(C)[C@@H](OCc3ccc(OC)cc3)[C@@H](OCc3ccccc3)[C@H]12. The molecule has 0 spiro atoms. The molecule has 7 nitrogen and oxygen atoms in total. The summed E-state index contributed by atoms with van der Waals surface area (Å²) in [6.07, 6.45) is -2.48. The Kier molecular flexibility index (Phi) is 12.2. The van der Waals surface area contributed by atoms with Crippen molar-refractivity contribution in [2.75, 3.05) is 7.11 Å². The molecule has 0 aliphatic heterocycles. The summed E-state index contributed by atoms with van der Waals surface area (Å²) < 4.78 is 33.7. The topological polar surface area (TPSA) is 80.3 Å². The summed E-state index contributed by atoms with van der Waals surface area (Å²) in [5.41, 5.74) is 1.34. The van der Waals surface area contributed by atoms with Gasteiger partial charge in [0.05, 0.1) is 50.7 Å². The van der Waals surface area contributed by atoms with E-state index in [1.165, 1.54) is 0 Å². The molecule has 2 aliphatic carbocycles. The van der Waals surface area contributed by atoms with Crippen LogP contribution in [0.1, 0.15) is 71.1 Å². The van der Waals surface area contributed by atoms with Crippen molar-refractivity contribution in [2.24, 2.45) is 16.7 Å². The lowest BCUT2D eigenvalue weighted by Crippen LogP contribution is -2.68. The number of carbonyl (C=O) groups is 2. The Morgan fingerprint density at radius 1 is 0.731 bits per heavy atom. The first-order chi connectivity index (χ1) is 24.5. The van der Waals surface area contributed by atoms with Crippen LogP contribution in [0.2, 0.25) is 18.1 Å². The van der Waals surface area contributed by atoms with Gasteiger partial charge >= 0.3 is 0 Å². The van der Waals surface area contributed by atoms with Crippen molar-refractivity contribution >= 4 is 19.9 Å². The fraction of sp³-hybridized carbons (Fsp3) is 0.500. The zero-order valence-electron chi connectivity index (χ0n) is 32.6. The molecule has 2 saturated carbocycles. The third kappa shape index (κ3) is 8.21. The number of hydrogen-bond donors (Lipinski definition) is 0. The van der Waals surface area contributed by atoms with Gasteiger partial charge < -0.3 is 23.4 Å². The molecule has 0 N–H and O–H groups in total. The molecule has 2 aliphatic rings. The maximum absolute atomic E-state index is 15.5. The van der Waals surface area contributed by atoms with E-state index in [1.54, 1.807) is 14.0 Å². The lowest BCUT2D eigenvalue weighted by atomic mass is 9.54. The van der Waals surface area contributed by atoms with E-state index >= 15 is 4.79 Å². The molecule has 3 aromatic rings. The van der Waals surface area contributed by atoms with Gasteiger partial charge in [-0.15, -0.1) is 0 Å². The van der Waals surface area contributed by atoms with Crippen LogP contribution in [-0.4, -0.2) is 51.4 Å². The molecular weight excluding hydrogens is 669 g/mol. The zero-order valence-corrected chi connectivity index (χ0v) is 33.6. The average Bonchev–Trinajstić information content (AvgIpc) is 3.11. The highest BCUT2D eigenvalue weighted by Crippen LogP contribution is 2.54. The summed E-state index contributed by atoms with van der Waals surface area (Å²) in [4.78, 5) is 29.9. The Morgan fingerprint density at radius 3 is 1.79 bits per heavy atom. The van der Waals surface area contributed by atoms with E-state index in [4.69, 9.17) is 23.4 Å². The minimum absolute atomic E-state index is 0.129. The smallest absolute Gasteiger partial charge is 0.192 e. The van der Waals surface area contributed by atoms with E-state index in [0.29, 0.717) is 6.42 Å². The molecule has 8 heteroatoms. The van der Waals surface area contributed by atoms with Crippen molar-refractivity contribution in [1.82, 2.24) is 0 Å². The van der Waals surface area contributed by atoms with Gasteiger partial charge in [-0.25, -0.2) is 0 Å². The standard InChI is InChI=1S/C44H58O7Si/c1-30-21-26-35(45)44(7)36(30)37(48-27-31-17-13-11-14-18-31)40(50-29-33-22-24-34(47-8)25-23-33)43(5,6)41(51-52(9,10)42(2,3)4)38(39(44)46)49-28-32-19-15-12-16-20-32/h11-20,22-25,36-38,40-41H,1,21,26-29H2,2-10H3/t36-,37-,38-,40-,41-,44-/m0/s1. The lowest BCUT2D eigenvalue weighted by Gasteiger charge is -2.56. The van der Waals surface area contributed by atoms with Gasteiger partial charge in [0.15, 0.2) is 14.1 Å². The van der Waals surface area contributed by atoms with Crippen LogP contribution in [0.5, 0.6) is 5.75 Å². The Labute approximate surface area is 312 Å². The van der Waals surface area contributed by atoms with Crippen molar-refractivity contribution in [1.29, 1.82) is 0 Å². The van der Waals surface area contributed by atoms with E-state index in [2.05, 4.69) is 54.3 Å². The highest BCUT2D eigenvalue weighted by atomic mass is 28.4. The highest BCUT2D eigenvalue weighted by Gasteiger charge is 2.64. The molecule has 0 amide bonds. The molecule has 5 rings (SSSR count). The second-order valence-electron chi connectivity index (χ2n) is 16.8. The second-order valence-corrected chi connectivity index (χ2v) is 21.6. The van der Waals surface area contributed by atoms with E-state index in [-0.39, 0.29) is 42.8 Å². The number of methoxy groups -OCH3 is 1. The first-order valence-electron chi connectivity index (χ1n) is 18.5. The predicted octanol–water partition coefficient (Wildman–Crippen LogP) is 9.29. The van der Waals surface area contributed by atoms with Crippen LogP contribution in [0, 0.1) is 16.7 Å². The summed E-state index contributed by atoms with van der Waals surface area (Å²) in [5, 5.41) is -0.178. The van der Waals surface area contributed by atoms with Gasteiger partial charge in [-0.05, 0) is 60.3 Å². The summed E-state index contributed by atoms with van der Waals surface area (Å²) in [6, 6.07) is 27.6. The lowest BCUT2D eigenvalue weighted by molar-refractivity contribution is -0.217. The third-order valence-corrected chi connectivity index (χ3v) is 16.3. The van der Waals surface area contributed by atoms with Crippen molar-refractivity contribution in [3.63, 3.8) is 0 Å². The molecule has 0 aromatic heterocycles.